The fourth-order valence-electron chi connectivity index (χ4n) is 1.93. The van der Waals surface area contributed by atoms with Gasteiger partial charge in [0.05, 0.1) is 6.04 Å². The molecule has 0 bridgehead atoms. The SMILES string of the molecule is Cc1c(F)cccc1NC(C)c1cccc(F)c1F. The third-order valence-corrected chi connectivity index (χ3v) is 3.09. The molecule has 2 aromatic carbocycles. The normalized spacial score (nSPS) is 12.3. The number of rotatable bonds is 3. The Labute approximate surface area is 110 Å². The van der Waals surface area contributed by atoms with Crippen LogP contribution in [0.2, 0.25) is 0 Å². The molecule has 100 valence electrons. The molecule has 2 rings (SSSR count). The number of hydrogen-bond donors (Lipinski definition) is 1. The number of hydrogen-bond acceptors (Lipinski definition) is 1. The van der Waals surface area contributed by atoms with Gasteiger partial charge in [0.2, 0.25) is 0 Å². The predicted molar refractivity (Wildman–Crippen MR) is 69.5 cm³/mol. The van der Waals surface area contributed by atoms with Crippen molar-refractivity contribution in [3.05, 3.63) is 65.0 Å². The first-order valence-electron chi connectivity index (χ1n) is 5.96. The van der Waals surface area contributed by atoms with Crippen LogP contribution in [-0.4, -0.2) is 0 Å². The summed E-state index contributed by atoms with van der Waals surface area (Å²) in [6.45, 7) is 3.33. The van der Waals surface area contributed by atoms with Gasteiger partial charge in [0.15, 0.2) is 11.6 Å². The topological polar surface area (TPSA) is 12.0 Å². The van der Waals surface area contributed by atoms with Crippen molar-refractivity contribution in [2.45, 2.75) is 19.9 Å². The number of nitrogens with one attached hydrogen (secondary N) is 1. The number of anilines is 1. The molecule has 0 saturated heterocycles. The fraction of sp³-hybridized carbons (Fsp3) is 0.200. The summed E-state index contributed by atoms with van der Waals surface area (Å²) < 4.78 is 40.2. The molecule has 0 amide bonds. The van der Waals surface area contributed by atoms with Crippen LogP contribution in [-0.2, 0) is 0 Å². The zero-order chi connectivity index (χ0) is 14.0. The molecule has 4 heteroatoms. The van der Waals surface area contributed by atoms with Crippen molar-refractivity contribution in [1.82, 2.24) is 0 Å². The molecule has 1 nitrogen and oxygen atoms in total. The van der Waals surface area contributed by atoms with Crippen LogP contribution >= 0.6 is 0 Å². The van der Waals surface area contributed by atoms with Gasteiger partial charge in [0.25, 0.3) is 0 Å². The summed E-state index contributed by atoms with van der Waals surface area (Å²) in [5.74, 6) is -2.10. The zero-order valence-electron chi connectivity index (χ0n) is 10.7. The predicted octanol–water partition coefficient (Wildman–Crippen LogP) is 4.59. The molecule has 19 heavy (non-hydrogen) atoms. The minimum atomic E-state index is -0.887. The second-order valence-corrected chi connectivity index (χ2v) is 4.42. The van der Waals surface area contributed by atoms with E-state index in [4.69, 9.17) is 0 Å². The highest BCUT2D eigenvalue weighted by Gasteiger charge is 2.15. The number of halogens is 3. The summed E-state index contributed by atoms with van der Waals surface area (Å²) in [4.78, 5) is 0. The largest absolute Gasteiger partial charge is 0.378 e. The third-order valence-electron chi connectivity index (χ3n) is 3.09. The second-order valence-electron chi connectivity index (χ2n) is 4.42. The molecule has 1 atom stereocenters. The smallest absolute Gasteiger partial charge is 0.164 e. The molecule has 0 aliphatic carbocycles. The summed E-state index contributed by atoms with van der Waals surface area (Å²) in [6.07, 6.45) is 0. The van der Waals surface area contributed by atoms with Crippen molar-refractivity contribution in [1.29, 1.82) is 0 Å². The summed E-state index contributed by atoms with van der Waals surface area (Å²) in [5.41, 5.74) is 1.23. The second kappa shape index (κ2) is 5.34. The zero-order valence-corrected chi connectivity index (χ0v) is 10.7. The quantitative estimate of drug-likeness (QED) is 0.856. The van der Waals surface area contributed by atoms with Crippen molar-refractivity contribution >= 4 is 5.69 Å². The van der Waals surface area contributed by atoms with Gasteiger partial charge in [0.1, 0.15) is 5.82 Å². The molecule has 0 aliphatic heterocycles. The van der Waals surface area contributed by atoms with Crippen molar-refractivity contribution in [2.24, 2.45) is 0 Å². The molecular weight excluding hydrogens is 251 g/mol. The Morgan fingerprint density at radius 3 is 2.32 bits per heavy atom. The van der Waals surface area contributed by atoms with Gasteiger partial charge in [-0.15, -0.1) is 0 Å². The molecule has 0 radical (unpaired) electrons. The van der Waals surface area contributed by atoms with Crippen LogP contribution in [0.3, 0.4) is 0 Å². The lowest BCUT2D eigenvalue weighted by Gasteiger charge is -2.18. The van der Waals surface area contributed by atoms with Gasteiger partial charge in [-0.25, -0.2) is 13.2 Å². The van der Waals surface area contributed by atoms with Crippen molar-refractivity contribution in [3.8, 4) is 0 Å². The highest BCUT2D eigenvalue weighted by atomic mass is 19.2. The van der Waals surface area contributed by atoms with Crippen LogP contribution in [0.25, 0.3) is 0 Å². The van der Waals surface area contributed by atoms with Gasteiger partial charge >= 0.3 is 0 Å². The van der Waals surface area contributed by atoms with Gasteiger partial charge in [-0.3, -0.25) is 0 Å². The van der Waals surface area contributed by atoms with Crippen molar-refractivity contribution in [3.63, 3.8) is 0 Å². The minimum Gasteiger partial charge on any atom is -0.378 e. The van der Waals surface area contributed by atoms with E-state index >= 15 is 0 Å². The average Bonchev–Trinajstić information content (AvgIpc) is 2.38. The van der Waals surface area contributed by atoms with Crippen molar-refractivity contribution in [2.75, 3.05) is 5.32 Å². The Morgan fingerprint density at radius 2 is 1.58 bits per heavy atom. The lowest BCUT2D eigenvalue weighted by atomic mass is 10.1. The third kappa shape index (κ3) is 2.72. The molecule has 0 aromatic heterocycles. The van der Waals surface area contributed by atoms with E-state index in [0.29, 0.717) is 11.3 Å². The maximum absolute atomic E-state index is 13.6. The molecule has 0 fully saturated rings. The molecule has 1 N–H and O–H groups in total. The van der Waals surface area contributed by atoms with Gasteiger partial charge in [-0.05, 0) is 32.0 Å². The first kappa shape index (κ1) is 13.5. The van der Waals surface area contributed by atoms with E-state index in [2.05, 4.69) is 5.32 Å². The van der Waals surface area contributed by atoms with Gasteiger partial charge in [-0.1, -0.05) is 18.2 Å². The van der Waals surface area contributed by atoms with Crippen LogP contribution in [0.4, 0.5) is 18.9 Å². The van der Waals surface area contributed by atoms with Gasteiger partial charge in [0, 0.05) is 16.8 Å². The van der Waals surface area contributed by atoms with Crippen LogP contribution in [0.5, 0.6) is 0 Å². The fourth-order valence-corrected chi connectivity index (χ4v) is 1.93. The minimum absolute atomic E-state index is 0.212. The Morgan fingerprint density at radius 1 is 0.947 bits per heavy atom. The summed E-state index contributed by atoms with van der Waals surface area (Å²) >= 11 is 0. The van der Waals surface area contributed by atoms with Crippen LogP contribution < -0.4 is 5.32 Å². The Kier molecular flexibility index (Phi) is 3.79. The van der Waals surface area contributed by atoms with Gasteiger partial charge < -0.3 is 5.32 Å². The van der Waals surface area contributed by atoms with E-state index in [1.54, 1.807) is 26.0 Å². The lowest BCUT2D eigenvalue weighted by molar-refractivity contribution is 0.494. The molecule has 1 unspecified atom stereocenters. The first-order chi connectivity index (χ1) is 9.00. The van der Waals surface area contributed by atoms with E-state index in [-0.39, 0.29) is 11.4 Å². The van der Waals surface area contributed by atoms with Crippen LogP contribution in [0.1, 0.15) is 24.1 Å². The highest BCUT2D eigenvalue weighted by molar-refractivity contribution is 5.52. The van der Waals surface area contributed by atoms with E-state index in [0.717, 1.165) is 6.07 Å². The molecule has 0 spiro atoms. The van der Waals surface area contributed by atoms with Crippen LogP contribution in [0, 0.1) is 24.4 Å². The summed E-state index contributed by atoms with van der Waals surface area (Å²) in [7, 11) is 0. The monoisotopic (exact) mass is 265 g/mol. The Hall–Kier alpha value is -1.97. The Balaban J connectivity index is 2.28. The molecule has 0 heterocycles. The first-order valence-corrected chi connectivity index (χ1v) is 5.96. The standard InChI is InChI=1S/C15H14F3N/c1-9-12(16)6-4-8-14(9)19-10(2)11-5-3-7-13(17)15(11)18/h3-8,10,19H,1-2H3. The molecule has 2 aromatic rings. The summed E-state index contributed by atoms with van der Waals surface area (Å²) in [5, 5.41) is 2.99. The highest BCUT2D eigenvalue weighted by Crippen LogP contribution is 2.25. The number of benzene rings is 2. The lowest BCUT2D eigenvalue weighted by Crippen LogP contribution is -2.10. The molecule has 0 aliphatic rings. The van der Waals surface area contributed by atoms with Crippen molar-refractivity contribution < 1.29 is 13.2 Å². The molecular formula is C15H14F3N. The Bertz CT molecular complexity index is 596. The average molecular weight is 265 g/mol. The van der Waals surface area contributed by atoms with Crippen LogP contribution in [0.15, 0.2) is 36.4 Å². The van der Waals surface area contributed by atoms with E-state index in [9.17, 15) is 13.2 Å². The summed E-state index contributed by atoms with van der Waals surface area (Å²) in [6, 6.07) is 8.18. The van der Waals surface area contributed by atoms with E-state index in [1.165, 1.54) is 18.2 Å². The maximum Gasteiger partial charge on any atom is 0.164 e. The maximum atomic E-state index is 13.6. The van der Waals surface area contributed by atoms with E-state index in [1.807, 2.05) is 0 Å². The van der Waals surface area contributed by atoms with E-state index < -0.39 is 17.7 Å². The van der Waals surface area contributed by atoms with Gasteiger partial charge in [-0.2, -0.15) is 0 Å². The molecule has 0 saturated carbocycles.